The van der Waals surface area contributed by atoms with Gasteiger partial charge in [0.25, 0.3) is 5.91 Å². The summed E-state index contributed by atoms with van der Waals surface area (Å²) in [6.07, 6.45) is 6.09. The molecule has 180 valence electrons. The first-order valence-electron chi connectivity index (χ1n) is 11.7. The van der Waals surface area contributed by atoms with Gasteiger partial charge in [0.1, 0.15) is 24.4 Å². The van der Waals surface area contributed by atoms with E-state index in [1.807, 2.05) is 19.1 Å². The van der Waals surface area contributed by atoms with Crippen LogP contribution in [0, 0.1) is 12.8 Å². The van der Waals surface area contributed by atoms with Gasteiger partial charge in [0, 0.05) is 6.54 Å². The lowest BCUT2D eigenvalue weighted by molar-refractivity contribution is -0.139. The average Bonchev–Trinajstić information content (AvgIpc) is 3.51. The van der Waals surface area contributed by atoms with E-state index in [4.69, 9.17) is 22.1 Å². The Morgan fingerprint density at radius 2 is 2.03 bits per heavy atom. The van der Waals surface area contributed by atoms with E-state index in [1.165, 1.54) is 11.3 Å². The molecular weight excluding hydrogens is 476 g/mol. The summed E-state index contributed by atoms with van der Waals surface area (Å²) in [6.45, 7) is 2.14. The molecule has 0 bridgehead atoms. The fraction of sp³-hybridized carbons (Fsp3) is 0.542. The summed E-state index contributed by atoms with van der Waals surface area (Å²) >= 11 is 7.71. The number of amides is 2. The molecule has 2 aromatic heterocycles. The highest BCUT2D eigenvalue weighted by molar-refractivity contribution is 7.17. The maximum absolute atomic E-state index is 14.1. The molecule has 2 saturated heterocycles. The predicted molar refractivity (Wildman–Crippen MR) is 128 cm³/mol. The SMILES string of the molecule is Cc1cnnc(-c2cc([C@@H](C(=O)N3C[C@H](Cl)[C@H]4OCC(=O)[C@H]43)C3CCCCC3)c(C(N)=O)s2)c1. The number of likely N-dealkylation sites (tertiary alicyclic amines) is 1. The molecule has 0 spiro atoms. The second kappa shape index (κ2) is 9.36. The number of hydrogen-bond acceptors (Lipinski definition) is 7. The number of aryl methyl sites for hydroxylation is 1. The van der Waals surface area contributed by atoms with Gasteiger partial charge in [-0.2, -0.15) is 5.10 Å². The highest BCUT2D eigenvalue weighted by Gasteiger charge is 2.53. The summed E-state index contributed by atoms with van der Waals surface area (Å²) in [7, 11) is 0. The third-order valence-electron chi connectivity index (χ3n) is 7.16. The molecule has 3 aliphatic rings. The molecule has 3 fully saturated rings. The summed E-state index contributed by atoms with van der Waals surface area (Å²) in [5, 5.41) is 7.80. The second-order valence-corrected chi connectivity index (χ2v) is 11.1. The lowest BCUT2D eigenvalue weighted by Crippen LogP contribution is -2.46. The van der Waals surface area contributed by atoms with E-state index < -0.39 is 29.3 Å². The molecule has 1 aliphatic carbocycles. The number of ether oxygens (including phenoxy) is 1. The number of hydrogen-bond donors (Lipinski definition) is 1. The zero-order valence-electron chi connectivity index (χ0n) is 18.9. The topological polar surface area (TPSA) is 115 Å². The smallest absolute Gasteiger partial charge is 0.259 e. The van der Waals surface area contributed by atoms with Crippen LogP contribution in [-0.2, 0) is 14.3 Å². The molecule has 0 radical (unpaired) electrons. The highest BCUT2D eigenvalue weighted by Crippen LogP contribution is 2.44. The molecular formula is C24H27ClN4O4S. The van der Waals surface area contributed by atoms with Crippen LogP contribution in [0.3, 0.4) is 0 Å². The van der Waals surface area contributed by atoms with Crippen molar-refractivity contribution in [3.63, 3.8) is 0 Å². The fourth-order valence-corrected chi connectivity index (χ4v) is 6.97. The maximum atomic E-state index is 14.1. The Bertz CT molecular complexity index is 1130. The van der Waals surface area contributed by atoms with Crippen LogP contribution in [0.15, 0.2) is 18.3 Å². The van der Waals surface area contributed by atoms with Crippen molar-refractivity contribution < 1.29 is 19.1 Å². The number of Topliss-reactive ketones (excluding diaryl/α,β-unsaturated/α-hetero) is 1. The first kappa shape index (κ1) is 23.4. The van der Waals surface area contributed by atoms with Gasteiger partial charge >= 0.3 is 0 Å². The molecule has 2 N–H and O–H groups in total. The zero-order chi connectivity index (χ0) is 24.0. The number of nitrogens with two attached hydrogens (primary N) is 1. The molecule has 2 amide bonds. The fourth-order valence-electron chi connectivity index (χ4n) is 5.60. The van der Waals surface area contributed by atoms with Crippen molar-refractivity contribution in [3.8, 4) is 10.6 Å². The number of fused-ring (bicyclic) bond motifs is 1. The number of halogens is 1. The second-order valence-electron chi connectivity index (χ2n) is 9.45. The molecule has 5 rings (SSSR count). The quantitative estimate of drug-likeness (QED) is 0.628. The summed E-state index contributed by atoms with van der Waals surface area (Å²) in [4.78, 5) is 41.9. The summed E-state index contributed by atoms with van der Waals surface area (Å²) < 4.78 is 5.59. The van der Waals surface area contributed by atoms with Crippen molar-refractivity contribution in [1.29, 1.82) is 0 Å². The largest absolute Gasteiger partial charge is 0.366 e. The van der Waals surface area contributed by atoms with Crippen LogP contribution in [0.2, 0.25) is 0 Å². The van der Waals surface area contributed by atoms with Gasteiger partial charge in [-0.1, -0.05) is 19.3 Å². The van der Waals surface area contributed by atoms with Gasteiger partial charge in [-0.25, -0.2) is 0 Å². The van der Waals surface area contributed by atoms with Crippen molar-refractivity contribution >= 4 is 40.5 Å². The van der Waals surface area contributed by atoms with Crippen LogP contribution in [0.1, 0.15) is 58.8 Å². The van der Waals surface area contributed by atoms with Crippen LogP contribution in [-0.4, -0.2) is 63.4 Å². The minimum Gasteiger partial charge on any atom is -0.366 e. The lowest BCUT2D eigenvalue weighted by atomic mass is 9.76. The normalized spacial score (nSPS) is 26.0. The van der Waals surface area contributed by atoms with E-state index in [0.717, 1.165) is 42.5 Å². The van der Waals surface area contributed by atoms with Crippen molar-refractivity contribution in [2.24, 2.45) is 11.7 Å². The number of primary amides is 1. The van der Waals surface area contributed by atoms with Crippen LogP contribution in [0.4, 0.5) is 0 Å². The van der Waals surface area contributed by atoms with Crippen molar-refractivity contribution in [2.45, 2.75) is 62.5 Å². The molecule has 2 aromatic rings. The standard InChI is InChI=1S/C24H27ClN4O4S/c1-12-7-16(28-27-9-12)18-8-14(22(34-18)23(26)31)19(13-5-3-2-4-6-13)24(32)29-10-15(25)21-20(29)17(30)11-33-21/h7-9,13,15,19-21H,2-6,10-11H2,1H3,(H2,26,31)/t15-,19-,20+,21+/m0/s1. The van der Waals surface area contributed by atoms with Gasteiger partial charge in [0.15, 0.2) is 5.78 Å². The Kier molecular flexibility index (Phi) is 6.43. The number of alkyl halides is 1. The van der Waals surface area contributed by atoms with Crippen LogP contribution in [0.25, 0.3) is 10.6 Å². The molecule has 34 heavy (non-hydrogen) atoms. The lowest BCUT2D eigenvalue weighted by Gasteiger charge is -2.34. The number of carbonyl (C=O) groups is 3. The summed E-state index contributed by atoms with van der Waals surface area (Å²) in [5.41, 5.74) is 8.00. The van der Waals surface area contributed by atoms with Gasteiger partial charge in [-0.05, 0) is 48.9 Å². The van der Waals surface area contributed by atoms with Crippen LogP contribution < -0.4 is 5.73 Å². The van der Waals surface area contributed by atoms with Crippen molar-refractivity contribution in [1.82, 2.24) is 15.1 Å². The maximum Gasteiger partial charge on any atom is 0.259 e. The zero-order valence-corrected chi connectivity index (χ0v) is 20.5. The number of thiophene rings is 1. The van der Waals surface area contributed by atoms with Crippen LogP contribution >= 0.6 is 22.9 Å². The van der Waals surface area contributed by atoms with E-state index in [0.29, 0.717) is 16.1 Å². The Labute approximate surface area is 206 Å². The molecule has 2 aliphatic heterocycles. The van der Waals surface area contributed by atoms with E-state index >= 15 is 0 Å². The van der Waals surface area contributed by atoms with Gasteiger partial charge < -0.3 is 15.4 Å². The summed E-state index contributed by atoms with van der Waals surface area (Å²) in [5.74, 6) is -1.40. The number of nitrogens with zero attached hydrogens (tertiary/aromatic N) is 3. The number of ketones is 1. The molecule has 8 nitrogen and oxygen atoms in total. The Morgan fingerprint density at radius 3 is 2.74 bits per heavy atom. The van der Waals surface area contributed by atoms with Gasteiger partial charge in [0.05, 0.1) is 27.2 Å². The number of aromatic nitrogens is 2. The Balaban J connectivity index is 1.58. The highest BCUT2D eigenvalue weighted by atomic mass is 35.5. The molecule has 0 aromatic carbocycles. The van der Waals surface area contributed by atoms with Gasteiger partial charge in [0.2, 0.25) is 5.91 Å². The van der Waals surface area contributed by atoms with E-state index in [-0.39, 0.29) is 30.8 Å². The molecule has 4 atom stereocenters. The van der Waals surface area contributed by atoms with Gasteiger partial charge in [-0.15, -0.1) is 28.0 Å². The first-order valence-corrected chi connectivity index (χ1v) is 12.9. The van der Waals surface area contributed by atoms with E-state index in [1.54, 1.807) is 11.1 Å². The third kappa shape index (κ3) is 4.14. The van der Waals surface area contributed by atoms with E-state index in [2.05, 4.69) is 10.2 Å². The third-order valence-corrected chi connectivity index (χ3v) is 8.73. The van der Waals surface area contributed by atoms with Crippen molar-refractivity contribution in [2.75, 3.05) is 13.2 Å². The Hall–Kier alpha value is -2.36. The minimum absolute atomic E-state index is 0.0302. The minimum atomic E-state index is -0.668. The summed E-state index contributed by atoms with van der Waals surface area (Å²) in [6, 6.07) is 3.09. The predicted octanol–water partition coefficient (Wildman–Crippen LogP) is 3.06. The van der Waals surface area contributed by atoms with Crippen molar-refractivity contribution in [3.05, 3.63) is 34.3 Å². The molecule has 4 heterocycles. The Morgan fingerprint density at radius 1 is 1.26 bits per heavy atom. The number of carbonyl (C=O) groups excluding carboxylic acids is 3. The molecule has 10 heteroatoms. The number of rotatable bonds is 5. The molecule has 1 saturated carbocycles. The van der Waals surface area contributed by atoms with E-state index in [9.17, 15) is 14.4 Å². The van der Waals surface area contributed by atoms with Gasteiger partial charge in [-0.3, -0.25) is 14.4 Å². The first-order chi connectivity index (χ1) is 16.3. The monoisotopic (exact) mass is 502 g/mol. The molecule has 0 unspecified atom stereocenters. The average molecular weight is 503 g/mol. The van der Waals surface area contributed by atoms with Crippen LogP contribution in [0.5, 0.6) is 0 Å².